The number of carbonyl (C=O) groups is 6. The number of esters is 4. The van der Waals surface area contributed by atoms with Gasteiger partial charge < -0.3 is 39.1 Å². The SMILES string of the molecule is CCCCCCCCCCCCCC(=O)N[C@H]1[C@H](OC[C@H](NC(=O)CCCCCCCCCCCCC)C(=O)OCc2ccccc2)O[C@H](COC(C)=O)[C@@H](OC(C)=O)[C@@H]1OC(C)=O. The van der Waals surface area contributed by atoms with Gasteiger partial charge in [-0.2, -0.15) is 0 Å². The smallest absolute Gasteiger partial charge is 0.331 e. The third-order valence-corrected chi connectivity index (χ3v) is 11.3. The zero-order valence-corrected chi connectivity index (χ0v) is 39.8. The van der Waals surface area contributed by atoms with Crippen LogP contribution in [0.15, 0.2) is 30.3 Å². The molecule has 1 fully saturated rings. The van der Waals surface area contributed by atoms with E-state index >= 15 is 0 Å². The number of amides is 2. The van der Waals surface area contributed by atoms with Gasteiger partial charge in [0.2, 0.25) is 11.8 Å². The normalized spacial score (nSPS) is 18.7. The molecule has 2 N–H and O–H groups in total. The lowest BCUT2D eigenvalue weighted by atomic mass is 9.95. The Hall–Kier alpha value is -4.04. The minimum Gasteiger partial charge on any atom is -0.463 e. The predicted molar refractivity (Wildman–Crippen MR) is 245 cm³/mol. The van der Waals surface area contributed by atoms with Crippen molar-refractivity contribution < 1.29 is 57.2 Å². The van der Waals surface area contributed by atoms with Gasteiger partial charge in [0.1, 0.15) is 25.4 Å². The van der Waals surface area contributed by atoms with E-state index in [1.807, 2.05) is 18.2 Å². The van der Waals surface area contributed by atoms with Crippen molar-refractivity contribution in [2.75, 3.05) is 13.2 Å². The Morgan fingerprint density at radius 1 is 0.578 bits per heavy atom. The van der Waals surface area contributed by atoms with Crippen LogP contribution in [0.25, 0.3) is 0 Å². The lowest BCUT2D eigenvalue weighted by Crippen LogP contribution is -2.67. The van der Waals surface area contributed by atoms with Crippen LogP contribution in [0.2, 0.25) is 0 Å². The molecule has 1 aromatic rings. The average Bonchev–Trinajstić information content (AvgIpc) is 3.26. The van der Waals surface area contributed by atoms with Crippen molar-refractivity contribution in [2.24, 2.45) is 0 Å². The second kappa shape index (κ2) is 35.2. The van der Waals surface area contributed by atoms with Crippen molar-refractivity contribution in [1.29, 1.82) is 0 Å². The fourth-order valence-corrected chi connectivity index (χ4v) is 7.81. The fraction of sp³-hybridized carbons (Fsp3) is 0.760. The van der Waals surface area contributed by atoms with E-state index in [-0.39, 0.29) is 31.3 Å². The van der Waals surface area contributed by atoms with E-state index in [0.29, 0.717) is 12.8 Å². The Bertz CT molecular complexity index is 1460. The number of carbonyl (C=O) groups excluding carboxylic acids is 6. The lowest BCUT2D eigenvalue weighted by Gasteiger charge is -2.45. The maximum atomic E-state index is 13.6. The molecule has 14 heteroatoms. The summed E-state index contributed by atoms with van der Waals surface area (Å²) in [6.07, 6.45) is 19.7. The van der Waals surface area contributed by atoms with Crippen molar-refractivity contribution in [2.45, 2.75) is 232 Å². The Labute approximate surface area is 383 Å². The van der Waals surface area contributed by atoms with E-state index in [4.69, 9.17) is 28.4 Å². The molecule has 0 bridgehead atoms. The fourth-order valence-electron chi connectivity index (χ4n) is 7.81. The van der Waals surface area contributed by atoms with Gasteiger partial charge in [0.05, 0.1) is 6.61 Å². The standard InChI is InChI=1S/C50H82N2O12/c1-6-8-10-12-14-16-18-20-22-24-29-33-44(56)51-42(49(58)60-35-41-31-27-26-28-32-41)36-61-50-46(52-45(57)34-30-25-23-21-19-17-15-13-11-9-7-2)48(63-40(5)55)47(62-39(4)54)43(64-50)37-59-38(3)53/h26-28,31-32,42-43,46-48,50H,6-25,29-30,33-37H2,1-5H3,(H,51,56)(H,52,57)/t42-,43+,46+,47+,48+,50+/m0/s1. The summed E-state index contributed by atoms with van der Waals surface area (Å²) >= 11 is 0. The molecule has 2 amide bonds. The number of unbranched alkanes of at least 4 members (excludes halogenated alkanes) is 20. The maximum absolute atomic E-state index is 13.6. The minimum atomic E-state index is -1.43. The first-order chi connectivity index (χ1) is 30.9. The van der Waals surface area contributed by atoms with E-state index in [0.717, 1.165) is 50.5 Å². The van der Waals surface area contributed by atoms with Gasteiger partial charge >= 0.3 is 23.9 Å². The number of benzene rings is 1. The predicted octanol–water partition coefficient (Wildman–Crippen LogP) is 9.27. The molecule has 0 aromatic heterocycles. The van der Waals surface area contributed by atoms with Crippen LogP contribution in [0.1, 0.15) is 194 Å². The topological polar surface area (TPSA) is 182 Å². The van der Waals surface area contributed by atoms with Gasteiger partial charge in [-0.25, -0.2) is 4.79 Å². The Kier molecular flexibility index (Phi) is 30.9. The summed E-state index contributed by atoms with van der Waals surface area (Å²) in [5.41, 5.74) is 0.744. The van der Waals surface area contributed by atoms with Crippen molar-refractivity contribution >= 4 is 35.7 Å². The number of nitrogens with one attached hydrogen (secondary N) is 2. The van der Waals surface area contributed by atoms with E-state index in [9.17, 15) is 28.8 Å². The van der Waals surface area contributed by atoms with Gasteiger partial charge in [-0.3, -0.25) is 24.0 Å². The lowest BCUT2D eigenvalue weighted by molar-refractivity contribution is -0.278. The van der Waals surface area contributed by atoms with Crippen LogP contribution in [-0.2, 0) is 63.8 Å². The molecule has 1 aliphatic rings. The largest absolute Gasteiger partial charge is 0.463 e. The Balaban J connectivity index is 2.20. The molecule has 0 saturated carbocycles. The van der Waals surface area contributed by atoms with E-state index in [1.54, 1.807) is 12.1 Å². The van der Waals surface area contributed by atoms with Gasteiger partial charge in [-0.1, -0.05) is 173 Å². The zero-order valence-electron chi connectivity index (χ0n) is 39.8. The van der Waals surface area contributed by atoms with Crippen LogP contribution in [0.3, 0.4) is 0 Å². The summed E-state index contributed by atoms with van der Waals surface area (Å²) in [5, 5.41) is 5.66. The summed E-state index contributed by atoms with van der Waals surface area (Å²) in [4.78, 5) is 77.4. The van der Waals surface area contributed by atoms with Crippen LogP contribution in [0.4, 0.5) is 0 Å². The van der Waals surface area contributed by atoms with E-state index in [1.165, 1.54) is 104 Å². The zero-order chi connectivity index (χ0) is 46.8. The average molecular weight is 903 g/mol. The van der Waals surface area contributed by atoms with Crippen LogP contribution >= 0.6 is 0 Å². The van der Waals surface area contributed by atoms with Gasteiger partial charge in [0.25, 0.3) is 0 Å². The molecule has 0 aliphatic carbocycles. The number of ether oxygens (including phenoxy) is 6. The molecule has 1 saturated heterocycles. The molecule has 14 nitrogen and oxygen atoms in total. The summed E-state index contributed by atoms with van der Waals surface area (Å²) in [6, 6.07) is 6.57. The molecule has 364 valence electrons. The van der Waals surface area contributed by atoms with E-state index in [2.05, 4.69) is 24.5 Å². The highest BCUT2D eigenvalue weighted by molar-refractivity contribution is 5.84. The van der Waals surface area contributed by atoms with Gasteiger partial charge in [-0.15, -0.1) is 0 Å². The highest BCUT2D eigenvalue weighted by Crippen LogP contribution is 2.29. The monoisotopic (exact) mass is 903 g/mol. The second-order valence-corrected chi connectivity index (χ2v) is 17.2. The molecule has 0 unspecified atom stereocenters. The molecule has 64 heavy (non-hydrogen) atoms. The molecule has 1 heterocycles. The maximum Gasteiger partial charge on any atom is 0.331 e. The van der Waals surface area contributed by atoms with Crippen molar-refractivity contribution in [3.63, 3.8) is 0 Å². The van der Waals surface area contributed by atoms with Gasteiger partial charge in [-0.05, 0) is 18.4 Å². The molecule has 1 aromatic carbocycles. The molecule has 0 radical (unpaired) electrons. The van der Waals surface area contributed by atoms with Crippen LogP contribution in [-0.4, -0.2) is 85.6 Å². The highest BCUT2D eigenvalue weighted by atomic mass is 16.7. The van der Waals surface area contributed by atoms with Crippen LogP contribution < -0.4 is 10.6 Å². The minimum absolute atomic E-state index is 0.0502. The Morgan fingerprint density at radius 3 is 1.53 bits per heavy atom. The van der Waals surface area contributed by atoms with E-state index < -0.39 is 73.8 Å². The third-order valence-electron chi connectivity index (χ3n) is 11.3. The molecular weight excluding hydrogens is 821 g/mol. The third kappa shape index (κ3) is 26.1. The molecule has 2 rings (SSSR count). The summed E-state index contributed by atoms with van der Waals surface area (Å²) in [6.45, 7) is 7.04. The summed E-state index contributed by atoms with van der Waals surface area (Å²) < 4.78 is 34.7. The van der Waals surface area contributed by atoms with Crippen molar-refractivity contribution in [3.05, 3.63) is 35.9 Å². The Morgan fingerprint density at radius 2 is 1.05 bits per heavy atom. The second-order valence-electron chi connectivity index (χ2n) is 17.2. The van der Waals surface area contributed by atoms with Crippen molar-refractivity contribution in [1.82, 2.24) is 10.6 Å². The first kappa shape index (κ1) is 56.1. The molecule has 6 atom stereocenters. The summed E-state index contributed by atoms with van der Waals surface area (Å²) in [7, 11) is 0. The number of hydrogen-bond donors (Lipinski definition) is 2. The number of rotatable bonds is 36. The van der Waals surface area contributed by atoms with Crippen LogP contribution in [0.5, 0.6) is 0 Å². The summed E-state index contributed by atoms with van der Waals surface area (Å²) in [5.74, 6) is -3.61. The van der Waals surface area contributed by atoms with Crippen molar-refractivity contribution in [3.8, 4) is 0 Å². The quantitative estimate of drug-likeness (QED) is 0.0371. The molecule has 0 spiro atoms. The van der Waals surface area contributed by atoms with Gasteiger partial charge in [0.15, 0.2) is 24.5 Å². The first-order valence-corrected chi connectivity index (χ1v) is 24.5. The van der Waals surface area contributed by atoms with Crippen LogP contribution in [0, 0.1) is 0 Å². The molecular formula is C50H82N2O12. The molecule has 1 aliphatic heterocycles. The first-order valence-electron chi connectivity index (χ1n) is 24.5. The highest BCUT2D eigenvalue weighted by Gasteiger charge is 2.51. The number of hydrogen-bond acceptors (Lipinski definition) is 12. The van der Waals surface area contributed by atoms with Gasteiger partial charge in [0, 0.05) is 33.6 Å².